The maximum Gasteiger partial charge on any atom is 0.208 e. The van der Waals surface area contributed by atoms with E-state index in [2.05, 4.69) is 19.2 Å². The van der Waals surface area contributed by atoms with E-state index in [4.69, 9.17) is 69.6 Å². The number of rotatable bonds is 8. The van der Waals surface area contributed by atoms with Crippen LogP contribution in [0.3, 0.4) is 0 Å². The van der Waals surface area contributed by atoms with E-state index in [0.717, 1.165) is 22.5 Å². The van der Waals surface area contributed by atoms with Crippen LogP contribution in [0, 0.1) is 0 Å². The van der Waals surface area contributed by atoms with Crippen molar-refractivity contribution in [3.05, 3.63) is 126 Å². The average molecular weight is 868 g/mol. The van der Waals surface area contributed by atoms with Crippen LogP contribution in [0.2, 0.25) is 30.1 Å². The highest BCUT2D eigenvalue weighted by molar-refractivity contribution is 7.89. The summed E-state index contributed by atoms with van der Waals surface area (Å²) in [5.74, 6) is 0. The molecule has 2 N–H and O–H groups in total. The summed E-state index contributed by atoms with van der Waals surface area (Å²) in [6, 6.07) is 25.8. The first kappa shape index (κ1) is 41.2. The topological polar surface area (TPSA) is 98.8 Å². The molecular formula is C36H38Cl6N4O4S2. The molecule has 2 saturated heterocycles. The highest BCUT2D eigenvalue weighted by atomic mass is 35.5. The van der Waals surface area contributed by atoms with Gasteiger partial charge < -0.3 is 9.80 Å². The van der Waals surface area contributed by atoms with Crippen LogP contribution in [-0.4, -0.2) is 54.5 Å². The van der Waals surface area contributed by atoms with Gasteiger partial charge in [-0.25, -0.2) is 26.3 Å². The molecule has 8 nitrogen and oxygen atoms in total. The van der Waals surface area contributed by atoms with Crippen molar-refractivity contribution in [2.24, 2.45) is 0 Å². The van der Waals surface area contributed by atoms with Gasteiger partial charge in [0.05, 0.1) is 46.0 Å². The van der Waals surface area contributed by atoms with Crippen LogP contribution < -0.4 is 19.2 Å². The molecule has 0 saturated carbocycles. The number of anilines is 2. The largest absolute Gasteiger partial charge is 0.363 e. The summed E-state index contributed by atoms with van der Waals surface area (Å²) in [5, 5.41) is 3.63. The molecule has 52 heavy (non-hydrogen) atoms. The predicted molar refractivity (Wildman–Crippen MR) is 218 cm³/mol. The van der Waals surface area contributed by atoms with Crippen LogP contribution >= 0.6 is 69.6 Å². The molecular weight excluding hydrogens is 829 g/mol. The molecule has 4 aromatic rings. The summed E-state index contributed by atoms with van der Waals surface area (Å²) >= 11 is 36.9. The fourth-order valence-electron chi connectivity index (χ4n) is 6.76. The van der Waals surface area contributed by atoms with E-state index < -0.39 is 20.0 Å². The van der Waals surface area contributed by atoms with Crippen molar-refractivity contribution in [3.8, 4) is 0 Å². The Morgan fingerprint density at radius 2 is 0.846 bits per heavy atom. The molecule has 16 heteroatoms. The van der Waals surface area contributed by atoms with E-state index in [1.807, 2.05) is 72.8 Å². The van der Waals surface area contributed by atoms with Crippen LogP contribution in [0.4, 0.5) is 11.4 Å². The van der Waals surface area contributed by atoms with Crippen molar-refractivity contribution in [1.29, 1.82) is 0 Å². The van der Waals surface area contributed by atoms with Gasteiger partial charge in [0.25, 0.3) is 0 Å². The monoisotopic (exact) mass is 864 g/mol. The van der Waals surface area contributed by atoms with Gasteiger partial charge in [-0.15, -0.1) is 0 Å². The molecule has 0 amide bonds. The molecule has 4 aromatic carbocycles. The van der Waals surface area contributed by atoms with Crippen LogP contribution in [0.1, 0.15) is 48.9 Å². The minimum atomic E-state index is -3.27. The summed E-state index contributed by atoms with van der Waals surface area (Å²) in [6.45, 7) is 1.34. The van der Waals surface area contributed by atoms with E-state index >= 15 is 0 Å². The van der Waals surface area contributed by atoms with E-state index in [0.29, 0.717) is 68.9 Å². The van der Waals surface area contributed by atoms with Gasteiger partial charge in [0.1, 0.15) is 0 Å². The summed E-state index contributed by atoms with van der Waals surface area (Å²) in [5.41, 5.74) is 3.88. The Hall–Kier alpha value is -1.96. The number of nitrogens with zero attached hydrogens (tertiary/aromatic N) is 2. The molecule has 0 bridgehead atoms. The van der Waals surface area contributed by atoms with Gasteiger partial charge in [-0.05, 0) is 97.5 Å². The number of hydrogen-bond donors (Lipinski definition) is 2. The van der Waals surface area contributed by atoms with Crippen molar-refractivity contribution >= 4 is 101 Å². The SMILES string of the molecule is CS(=O)(=O)N[C@@H]1CCN(c2ccc(Cl)cc2Cl)[C@H](c2ccc(Cl)cc2)C1.CS(=O)(=O)N[C@H]1CCN(c2ccc(Cl)cc2Cl)[C@H](c2ccc(Cl)cc2)C1. The quantitative estimate of drug-likeness (QED) is 0.183. The summed E-state index contributed by atoms with van der Waals surface area (Å²) < 4.78 is 52.1. The van der Waals surface area contributed by atoms with Gasteiger partial charge in [0, 0.05) is 45.3 Å². The lowest BCUT2D eigenvalue weighted by Crippen LogP contribution is -2.46. The molecule has 2 aliphatic heterocycles. The second-order valence-electron chi connectivity index (χ2n) is 12.9. The summed E-state index contributed by atoms with van der Waals surface area (Å²) in [7, 11) is -6.53. The van der Waals surface area contributed by atoms with Crippen molar-refractivity contribution < 1.29 is 16.8 Å². The van der Waals surface area contributed by atoms with Gasteiger partial charge in [0.15, 0.2) is 0 Å². The van der Waals surface area contributed by atoms with E-state index in [1.165, 1.54) is 12.5 Å². The molecule has 4 atom stereocenters. The molecule has 0 unspecified atom stereocenters. The van der Waals surface area contributed by atoms with Crippen molar-refractivity contribution in [1.82, 2.24) is 9.44 Å². The van der Waals surface area contributed by atoms with Crippen LogP contribution in [0.5, 0.6) is 0 Å². The summed E-state index contributed by atoms with van der Waals surface area (Å²) in [4.78, 5) is 4.39. The van der Waals surface area contributed by atoms with Gasteiger partial charge in [0.2, 0.25) is 20.0 Å². The fourth-order valence-corrected chi connectivity index (χ4v) is 9.68. The highest BCUT2D eigenvalue weighted by Crippen LogP contribution is 2.41. The molecule has 2 fully saturated rings. The Morgan fingerprint density at radius 3 is 1.15 bits per heavy atom. The molecule has 2 aliphatic rings. The predicted octanol–water partition coefficient (Wildman–Crippen LogP) is 9.81. The first-order valence-corrected chi connectivity index (χ1v) is 22.4. The zero-order valence-electron chi connectivity index (χ0n) is 28.2. The zero-order valence-corrected chi connectivity index (χ0v) is 34.4. The fraction of sp³-hybridized carbons (Fsp3) is 0.333. The molecule has 6 rings (SSSR count). The molecule has 2 heterocycles. The zero-order chi connectivity index (χ0) is 37.8. The maximum absolute atomic E-state index is 11.7. The maximum atomic E-state index is 11.7. The molecule has 0 spiro atoms. The third-order valence-electron chi connectivity index (χ3n) is 8.91. The number of piperidine rings is 2. The van der Waals surface area contributed by atoms with Crippen LogP contribution in [0.15, 0.2) is 84.9 Å². The average Bonchev–Trinajstić information content (AvgIpc) is 3.05. The van der Waals surface area contributed by atoms with Gasteiger partial charge in [-0.1, -0.05) is 93.9 Å². The number of halogens is 6. The molecule has 0 aliphatic carbocycles. The van der Waals surface area contributed by atoms with Gasteiger partial charge in [-0.2, -0.15) is 0 Å². The Bertz CT molecular complexity index is 1920. The molecule has 280 valence electrons. The summed E-state index contributed by atoms with van der Waals surface area (Å²) in [6.07, 6.45) is 5.02. The van der Waals surface area contributed by atoms with E-state index in [9.17, 15) is 16.8 Å². The Kier molecular flexibility index (Phi) is 14.0. The number of nitrogens with one attached hydrogen (secondary N) is 2. The lowest BCUT2D eigenvalue weighted by Gasteiger charge is -2.41. The van der Waals surface area contributed by atoms with Gasteiger partial charge >= 0.3 is 0 Å². The lowest BCUT2D eigenvalue weighted by atomic mass is 9.91. The minimum Gasteiger partial charge on any atom is -0.363 e. The number of hydrogen-bond acceptors (Lipinski definition) is 6. The molecule has 0 aromatic heterocycles. The number of sulfonamides is 2. The van der Waals surface area contributed by atoms with Crippen LogP contribution in [-0.2, 0) is 20.0 Å². The Balaban J connectivity index is 0.000000201. The second kappa shape index (κ2) is 17.7. The van der Waals surface area contributed by atoms with Crippen molar-refractivity contribution in [2.45, 2.75) is 49.9 Å². The van der Waals surface area contributed by atoms with E-state index in [1.54, 1.807) is 12.1 Å². The first-order valence-electron chi connectivity index (χ1n) is 16.3. The van der Waals surface area contributed by atoms with Crippen molar-refractivity contribution in [3.63, 3.8) is 0 Å². The smallest absolute Gasteiger partial charge is 0.208 e. The Labute approximate surface area is 336 Å². The minimum absolute atomic E-state index is 0.0288. The first-order chi connectivity index (χ1) is 24.5. The number of benzene rings is 4. The third-order valence-corrected chi connectivity index (χ3v) is 12.0. The van der Waals surface area contributed by atoms with Crippen LogP contribution in [0.25, 0.3) is 0 Å². The second-order valence-corrected chi connectivity index (χ2v) is 19.1. The highest BCUT2D eigenvalue weighted by Gasteiger charge is 2.33. The van der Waals surface area contributed by atoms with E-state index in [-0.39, 0.29) is 24.2 Å². The van der Waals surface area contributed by atoms with Gasteiger partial charge in [-0.3, -0.25) is 0 Å². The standard InChI is InChI=1S/2C18H19Cl3N2O2S/c2*1-26(24,25)22-15-8-9-23(17-7-6-14(20)10-16(17)21)18(11-15)12-2-4-13(19)5-3-12/h2*2-7,10,15,18,22H,8-9,11H2,1H3/t15-,18+;15-,18-/m10/s1. The Morgan fingerprint density at radius 1 is 0.519 bits per heavy atom. The lowest BCUT2D eigenvalue weighted by molar-refractivity contribution is 0.395. The third kappa shape index (κ3) is 11.5. The molecule has 0 radical (unpaired) electrons. The normalized spacial score (nSPS) is 21.0. The van der Waals surface area contributed by atoms with Crippen molar-refractivity contribution in [2.75, 3.05) is 35.4 Å².